The van der Waals surface area contributed by atoms with E-state index in [0.29, 0.717) is 22.1 Å². The second-order valence-corrected chi connectivity index (χ2v) is 7.75. The van der Waals surface area contributed by atoms with Crippen molar-refractivity contribution >= 4 is 48.5 Å². The lowest BCUT2D eigenvalue weighted by Gasteiger charge is -2.22. The highest BCUT2D eigenvalue weighted by molar-refractivity contribution is 9.10. The van der Waals surface area contributed by atoms with Gasteiger partial charge in [-0.1, -0.05) is 17.4 Å². The van der Waals surface area contributed by atoms with Gasteiger partial charge in [-0.3, -0.25) is 9.69 Å². The standard InChI is InChI=1S/C18H17BrN2O4S/c1-23-12-5-2-6-14-16(12)20-18(26-14)21(10-11-4-3-9-24-11)17(22)13-7-8-15(19)25-13/h2,5-8,11H,3-4,9-10H2,1H3/t11-/m0/s1. The third-order valence-electron chi connectivity index (χ3n) is 4.26. The van der Waals surface area contributed by atoms with Gasteiger partial charge in [0.15, 0.2) is 15.6 Å². The number of anilines is 1. The molecule has 0 spiro atoms. The first-order valence-corrected chi connectivity index (χ1v) is 9.89. The minimum atomic E-state index is -0.232. The molecule has 2 aromatic heterocycles. The predicted octanol–water partition coefficient (Wildman–Crippen LogP) is 4.49. The van der Waals surface area contributed by atoms with Crippen molar-refractivity contribution in [1.29, 1.82) is 0 Å². The van der Waals surface area contributed by atoms with Crippen molar-refractivity contribution in [2.75, 3.05) is 25.2 Å². The zero-order valence-electron chi connectivity index (χ0n) is 14.1. The number of thiazole rings is 1. The number of furan rings is 1. The number of carbonyl (C=O) groups is 1. The Bertz CT molecular complexity index is 932. The summed E-state index contributed by atoms with van der Waals surface area (Å²) in [5, 5.41) is 0.609. The molecule has 0 N–H and O–H groups in total. The Balaban J connectivity index is 1.73. The van der Waals surface area contributed by atoms with Crippen molar-refractivity contribution in [3.63, 3.8) is 0 Å². The van der Waals surface area contributed by atoms with E-state index in [2.05, 4.69) is 20.9 Å². The summed E-state index contributed by atoms with van der Waals surface area (Å²) in [7, 11) is 1.61. The summed E-state index contributed by atoms with van der Waals surface area (Å²) < 4.78 is 18.1. The van der Waals surface area contributed by atoms with Gasteiger partial charge in [-0.2, -0.15) is 0 Å². The normalized spacial score (nSPS) is 16.9. The van der Waals surface area contributed by atoms with Crippen LogP contribution in [0.15, 0.2) is 39.4 Å². The highest BCUT2D eigenvalue weighted by Crippen LogP contribution is 2.35. The number of hydrogen-bond acceptors (Lipinski definition) is 6. The number of carbonyl (C=O) groups excluding carboxylic acids is 1. The Hall–Kier alpha value is -1.90. The van der Waals surface area contributed by atoms with Gasteiger partial charge in [0, 0.05) is 6.61 Å². The summed E-state index contributed by atoms with van der Waals surface area (Å²) in [5.41, 5.74) is 0.751. The molecule has 8 heteroatoms. The number of halogens is 1. The first kappa shape index (κ1) is 17.5. The number of amides is 1. The first-order valence-electron chi connectivity index (χ1n) is 8.28. The van der Waals surface area contributed by atoms with Gasteiger partial charge in [-0.15, -0.1) is 0 Å². The zero-order chi connectivity index (χ0) is 18.1. The Morgan fingerprint density at radius 3 is 3.00 bits per heavy atom. The van der Waals surface area contributed by atoms with Crippen LogP contribution in [0.25, 0.3) is 10.2 Å². The first-order chi connectivity index (χ1) is 12.7. The number of methoxy groups -OCH3 is 1. The maximum absolute atomic E-state index is 13.1. The van der Waals surface area contributed by atoms with E-state index in [-0.39, 0.29) is 17.8 Å². The van der Waals surface area contributed by atoms with Crippen LogP contribution < -0.4 is 9.64 Å². The van der Waals surface area contributed by atoms with Crippen molar-refractivity contribution in [1.82, 2.24) is 4.98 Å². The van der Waals surface area contributed by atoms with Gasteiger partial charge in [-0.25, -0.2) is 4.98 Å². The molecule has 3 heterocycles. The summed E-state index contributed by atoms with van der Waals surface area (Å²) in [5.74, 6) is 0.723. The van der Waals surface area contributed by atoms with Crippen LogP contribution in [0.5, 0.6) is 5.75 Å². The largest absolute Gasteiger partial charge is 0.494 e. The summed E-state index contributed by atoms with van der Waals surface area (Å²) in [4.78, 5) is 19.4. The molecule has 4 rings (SSSR count). The molecule has 26 heavy (non-hydrogen) atoms. The number of aromatic nitrogens is 1. The fourth-order valence-corrected chi connectivity index (χ4v) is 4.29. The second kappa shape index (κ2) is 7.38. The number of hydrogen-bond donors (Lipinski definition) is 0. The smallest absolute Gasteiger partial charge is 0.295 e. The van der Waals surface area contributed by atoms with E-state index < -0.39 is 0 Å². The predicted molar refractivity (Wildman–Crippen MR) is 103 cm³/mol. The molecule has 1 aromatic carbocycles. The van der Waals surface area contributed by atoms with E-state index >= 15 is 0 Å². The van der Waals surface area contributed by atoms with Crippen molar-refractivity contribution in [3.8, 4) is 5.75 Å². The molecule has 1 atom stereocenters. The molecule has 1 amide bonds. The number of rotatable bonds is 5. The fourth-order valence-electron chi connectivity index (χ4n) is 2.99. The number of fused-ring (bicyclic) bond motifs is 1. The van der Waals surface area contributed by atoms with Crippen LogP contribution in [-0.4, -0.2) is 37.3 Å². The average Bonchev–Trinajstić information content (AvgIpc) is 3.38. The molecule has 0 radical (unpaired) electrons. The quantitative estimate of drug-likeness (QED) is 0.589. The zero-order valence-corrected chi connectivity index (χ0v) is 16.5. The molecule has 0 unspecified atom stereocenters. The minimum Gasteiger partial charge on any atom is -0.494 e. The molecule has 1 fully saturated rings. The Morgan fingerprint density at radius 1 is 1.42 bits per heavy atom. The molecule has 136 valence electrons. The topological polar surface area (TPSA) is 64.8 Å². The van der Waals surface area contributed by atoms with E-state index in [0.717, 1.165) is 29.7 Å². The van der Waals surface area contributed by atoms with Crippen LogP contribution in [0.2, 0.25) is 0 Å². The van der Waals surface area contributed by atoms with Gasteiger partial charge < -0.3 is 13.9 Å². The lowest BCUT2D eigenvalue weighted by Crippen LogP contribution is -2.37. The lowest BCUT2D eigenvalue weighted by molar-refractivity contribution is 0.0894. The van der Waals surface area contributed by atoms with Gasteiger partial charge in [0.25, 0.3) is 5.91 Å². The third kappa shape index (κ3) is 3.36. The molecule has 0 aliphatic carbocycles. The van der Waals surface area contributed by atoms with Crippen LogP contribution in [0.1, 0.15) is 23.4 Å². The summed E-state index contributed by atoms with van der Waals surface area (Å²) in [6.07, 6.45) is 1.94. The van der Waals surface area contributed by atoms with Crippen LogP contribution in [-0.2, 0) is 4.74 Å². The minimum absolute atomic E-state index is 0.00580. The van der Waals surface area contributed by atoms with E-state index in [1.54, 1.807) is 24.1 Å². The van der Waals surface area contributed by atoms with Crippen molar-refractivity contribution < 1.29 is 18.7 Å². The van der Waals surface area contributed by atoms with Crippen molar-refractivity contribution in [2.24, 2.45) is 0 Å². The van der Waals surface area contributed by atoms with Crippen LogP contribution in [0, 0.1) is 0 Å². The fraction of sp³-hybridized carbons (Fsp3) is 0.333. The highest BCUT2D eigenvalue weighted by Gasteiger charge is 2.29. The maximum Gasteiger partial charge on any atom is 0.295 e. The molecule has 1 aliphatic heterocycles. The van der Waals surface area contributed by atoms with Gasteiger partial charge in [0.1, 0.15) is 11.3 Å². The third-order valence-corrected chi connectivity index (χ3v) is 5.73. The van der Waals surface area contributed by atoms with Crippen LogP contribution >= 0.6 is 27.3 Å². The number of nitrogens with zero attached hydrogens (tertiary/aromatic N) is 2. The summed E-state index contributed by atoms with van der Waals surface area (Å²) >= 11 is 4.70. The number of para-hydroxylation sites is 1. The Labute approximate surface area is 162 Å². The molecule has 6 nitrogen and oxygen atoms in total. The number of ether oxygens (including phenoxy) is 2. The molecule has 3 aromatic rings. The molecular weight excluding hydrogens is 420 g/mol. The van der Waals surface area contributed by atoms with E-state index in [9.17, 15) is 4.79 Å². The van der Waals surface area contributed by atoms with Crippen LogP contribution in [0.4, 0.5) is 5.13 Å². The molecular formula is C18H17BrN2O4S. The van der Waals surface area contributed by atoms with Crippen molar-refractivity contribution in [2.45, 2.75) is 18.9 Å². The van der Waals surface area contributed by atoms with Gasteiger partial charge in [-0.05, 0) is 53.0 Å². The molecule has 0 bridgehead atoms. The Kier molecular flexibility index (Phi) is 4.97. The monoisotopic (exact) mass is 436 g/mol. The van der Waals surface area contributed by atoms with Crippen molar-refractivity contribution in [3.05, 3.63) is 40.8 Å². The van der Waals surface area contributed by atoms with Gasteiger partial charge >= 0.3 is 0 Å². The molecule has 1 aliphatic rings. The molecule has 1 saturated heterocycles. The van der Waals surface area contributed by atoms with Gasteiger partial charge in [0.2, 0.25) is 0 Å². The number of benzene rings is 1. The average molecular weight is 437 g/mol. The van der Waals surface area contributed by atoms with E-state index in [4.69, 9.17) is 13.9 Å². The Morgan fingerprint density at radius 2 is 2.31 bits per heavy atom. The summed E-state index contributed by atoms with van der Waals surface area (Å²) in [6, 6.07) is 9.11. The van der Waals surface area contributed by atoms with Crippen LogP contribution in [0.3, 0.4) is 0 Å². The maximum atomic E-state index is 13.1. The summed E-state index contributed by atoms with van der Waals surface area (Å²) in [6.45, 7) is 1.17. The highest BCUT2D eigenvalue weighted by atomic mass is 79.9. The van der Waals surface area contributed by atoms with E-state index in [1.807, 2.05) is 18.2 Å². The van der Waals surface area contributed by atoms with Gasteiger partial charge in [0.05, 0.1) is 24.5 Å². The lowest BCUT2D eigenvalue weighted by atomic mass is 10.2. The SMILES string of the molecule is COc1cccc2sc(N(C[C@@H]3CCCO3)C(=O)c3ccc(Br)o3)nc12. The van der Waals surface area contributed by atoms with E-state index in [1.165, 1.54) is 11.3 Å². The second-order valence-electron chi connectivity index (χ2n) is 5.96. The molecule has 0 saturated carbocycles.